The van der Waals surface area contributed by atoms with Gasteiger partial charge in [0.2, 0.25) is 0 Å². The summed E-state index contributed by atoms with van der Waals surface area (Å²) in [6.07, 6.45) is -0.575. The van der Waals surface area contributed by atoms with E-state index in [0.29, 0.717) is 6.61 Å². The number of esters is 1. The maximum absolute atomic E-state index is 11.5. The lowest BCUT2D eigenvalue weighted by Gasteiger charge is -2.18. The monoisotopic (exact) mass is 236 g/mol. The van der Waals surface area contributed by atoms with Gasteiger partial charge in [-0.05, 0) is 51.3 Å². The summed E-state index contributed by atoms with van der Waals surface area (Å²) in [7, 11) is 0. The van der Waals surface area contributed by atoms with E-state index in [1.807, 2.05) is 32.9 Å². The second-order valence-corrected chi connectivity index (χ2v) is 4.17. The predicted molar refractivity (Wildman–Crippen MR) is 67.4 cm³/mol. The first-order chi connectivity index (χ1) is 7.97. The molecule has 0 saturated heterocycles. The SMILES string of the molecule is CCOC(=O)C(C)Oc1c(C)ccc(C)c1C. The van der Waals surface area contributed by atoms with Crippen LogP contribution in [-0.2, 0) is 9.53 Å². The van der Waals surface area contributed by atoms with Crippen LogP contribution in [-0.4, -0.2) is 18.7 Å². The number of hydrogen-bond acceptors (Lipinski definition) is 3. The van der Waals surface area contributed by atoms with Gasteiger partial charge in [0.05, 0.1) is 6.61 Å². The van der Waals surface area contributed by atoms with Crippen LogP contribution in [0.15, 0.2) is 12.1 Å². The van der Waals surface area contributed by atoms with E-state index in [9.17, 15) is 4.79 Å². The molecule has 94 valence electrons. The molecule has 0 aliphatic carbocycles. The highest BCUT2D eigenvalue weighted by Crippen LogP contribution is 2.26. The van der Waals surface area contributed by atoms with Crippen molar-refractivity contribution in [3.05, 3.63) is 28.8 Å². The molecule has 0 saturated carbocycles. The van der Waals surface area contributed by atoms with Crippen LogP contribution in [0.4, 0.5) is 0 Å². The van der Waals surface area contributed by atoms with Gasteiger partial charge in [0.1, 0.15) is 5.75 Å². The Morgan fingerprint density at radius 2 is 1.82 bits per heavy atom. The Balaban J connectivity index is 2.88. The maximum Gasteiger partial charge on any atom is 0.347 e. The summed E-state index contributed by atoms with van der Waals surface area (Å²) in [4.78, 5) is 11.5. The lowest BCUT2D eigenvalue weighted by molar-refractivity contribution is -0.150. The third-order valence-corrected chi connectivity index (χ3v) is 2.79. The van der Waals surface area contributed by atoms with Crippen molar-refractivity contribution in [2.45, 2.75) is 40.7 Å². The fraction of sp³-hybridized carbons (Fsp3) is 0.500. The van der Waals surface area contributed by atoms with Crippen LogP contribution < -0.4 is 4.74 Å². The number of carbonyl (C=O) groups is 1. The van der Waals surface area contributed by atoms with Crippen molar-refractivity contribution in [3.8, 4) is 5.75 Å². The standard InChI is InChI=1S/C14H20O3/c1-6-16-14(15)12(5)17-13-10(3)8-7-9(2)11(13)4/h7-8,12H,6H2,1-5H3. The van der Waals surface area contributed by atoms with Crippen molar-refractivity contribution in [2.75, 3.05) is 6.61 Å². The first-order valence-electron chi connectivity index (χ1n) is 5.87. The number of ether oxygens (including phenoxy) is 2. The molecule has 0 bridgehead atoms. The predicted octanol–water partition coefficient (Wildman–Crippen LogP) is 2.94. The molecule has 1 aromatic rings. The van der Waals surface area contributed by atoms with E-state index in [4.69, 9.17) is 9.47 Å². The average molecular weight is 236 g/mol. The Kier molecular flexibility index (Phi) is 4.55. The van der Waals surface area contributed by atoms with Crippen LogP contribution in [0.1, 0.15) is 30.5 Å². The second-order valence-electron chi connectivity index (χ2n) is 4.17. The average Bonchev–Trinajstić information content (AvgIpc) is 2.29. The van der Waals surface area contributed by atoms with Crippen LogP contribution in [0.5, 0.6) is 5.75 Å². The van der Waals surface area contributed by atoms with Crippen molar-refractivity contribution in [3.63, 3.8) is 0 Å². The molecule has 1 unspecified atom stereocenters. The summed E-state index contributed by atoms with van der Waals surface area (Å²) in [6, 6.07) is 4.04. The minimum absolute atomic E-state index is 0.326. The number of benzene rings is 1. The lowest BCUT2D eigenvalue weighted by Crippen LogP contribution is -2.26. The summed E-state index contributed by atoms with van der Waals surface area (Å²) in [6.45, 7) is 9.86. The highest BCUT2D eigenvalue weighted by molar-refractivity contribution is 5.74. The molecule has 17 heavy (non-hydrogen) atoms. The van der Waals surface area contributed by atoms with Gasteiger partial charge in [-0.3, -0.25) is 0 Å². The molecule has 0 aliphatic heterocycles. The summed E-state index contributed by atoms with van der Waals surface area (Å²) in [5.41, 5.74) is 3.26. The fourth-order valence-corrected chi connectivity index (χ4v) is 1.59. The second kappa shape index (κ2) is 5.71. The molecule has 0 heterocycles. The quantitative estimate of drug-likeness (QED) is 0.754. The third kappa shape index (κ3) is 3.22. The van der Waals surface area contributed by atoms with Crippen LogP contribution in [0.25, 0.3) is 0 Å². The molecule has 3 nitrogen and oxygen atoms in total. The van der Waals surface area contributed by atoms with E-state index in [0.717, 1.165) is 22.4 Å². The van der Waals surface area contributed by atoms with Crippen LogP contribution >= 0.6 is 0 Å². The molecule has 0 amide bonds. The first kappa shape index (κ1) is 13.6. The van der Waals surface area contributed by atoms with Gasteiger partial charge in [-0.1, -0.05) is 12.1 Å². The molecule has 3 heteroatoms. The zero-order chi connectivity index (χ0) is 13.0. The molecule has 0 spiro atoms. The molecule has 0 N–H and O–H groups in total. The Hall–Kier alpha value is -1.51. The minimum Gasteiger partial charge on any atom is -0.478 e. The zero-order valence-electron chi connectivity index (χ0n) is 11.2. The van der Waals surface area contributed by atoms with Gasteiger partial charge in [0.15, 0.2) is 6.10 Å². The molecule has 1 rings (SSSR count). The topological polar surface area (TPSA) is 35.5 Å². The Morgan fingerprint density at radius 3 is 2.41 bits per heavy atom. The summed E-state index contributed by atoms with van der Waals surface area (Å²) in [5.74, 6) is 0.457. The van der Waals surface area contributed by atoms with Gasteiger partial charge in [-0.15, -0.1) is 0 Å². The zero-order valence-corrected chi connectivity index (χ0v) is 11.2. The summed E-state index contributed by atoms with van der Waals surface area (Å²) < 4.78 is 10.6. The normalized spacial score (nSPS) is 12.1. The summed E-state index contributed by atoms with van der Waals surface area (Å²) >= 11 is 0. The minimum atomic E-state index is -0.575. The molecule has 0 radical (unpaired) electrons. The molecule has 1 aromatic carbocycles. The highest BCUT2D eigenvalue weighted by atomic mass is 16.6. The molecule has 0 aromatic heterocycles. The Labute approximate surface area is 103 Å². The Bertz CT molecular complexity index is 410. The van der Waals surface area contributed by atoms with E-state index in [1.165, 1.54) is 0 Å². The molecule has 0 fully saturated rings. The first-order valence-corrected chi connectivity index (χ1v) is 5.87. The van der Waals surface area contributed by atoms with Crippen molar-refractivity contribution in [1.82, 2.24) is 0 Å². The number of rotatable bonds is 4. The Morgan fingerprint density at radius 1 is 1.24 bits per heavy atom. The third-order valence-electron chi connectivity index (χ3n) is 2.79. The van der Waals surface area contributed by atoms with Gasteiger partial charge in [-0.25, -0.2) is 4.79 Å². The van der Waals surface area contributed by atoms with Crippen molar-refractivity contribution < 1.29 is 14.3 Å². The molecular formula is C14H20O3. The number of carbonyl (C=O) groups excluding carboxylic acids is 1. The van der Waals surface area contributed by atoms with Gasteiger partial charge < -0.3 is 9.47 Å². The van der Waals surface area contributed by atoms with Gasteiger partial charge in [0.25, 0.3) is 0 Å². The van der Waals surface area contributed by atoms with Crippen molar-refractivity contribution >= 4 is 5.97 Å². The van der Waals surface area contributed by atoms with E-state index in [2.05, 4.69) is 0 Å². The van der Waals surface area contributed by atoms with Gasteiger partial charge >= 0.3 is 5.97 Å². The maximum atomic E-state index is 11.5. The molecule has 0 aliphatic rings. The fourth-order valence-electron chi connectivity index (χ4n) is 1.59. The molecular weight excluding hydrogens is 216 g/mol. The van der Waals surface area contributed by atoms with E-state index in [-0.39, 0.29) is 5.97 Å². The highest BCUT2D eigenvalue weighted by Gasteiger charge is 2.18. The van der Waals surface area contributed by atoms with Gasteiger partial charge in [0, 0.05) is 0 Å². The number of hydrogen-bond donors (Lipinski definition) is 0. The van der Waals surface area contributed by atoms with E-state index < -0.39 is 6.10 Å². The molecule has 1 atom stereocenters. The van der Waals surface area contributed by atoms with Crippen molar-refractivity contribution in [2.24, 2.45) is 0 Å². The van der Waals surface area contributed by atoms with Crippen LogP contribution in [0.3, 0.4) is 0 Å². The number of aryl methyl sites for hydroxylation is 2. The summed E-state index contributed by atoms with van der Waals surface area (Å²) in [5, 5.41) is 0. The largest absolute Gasteiger partial charge is 0.478 e. The smallest absolute Gasteiger partial charge is 0.347 e. The van der Waals surface area contributed by atoms with E-state index >= 15 is 0 Å². The van der Waals surface area contributed by atoms with Crippen LogP contribution in [0.2, 0.25) is 0 Å². The van der Waals surface area contributed by atoms with E-state index in [1.54, 1.807) is 13.8 Å². The van der Waals surface area contributed by atoms with Gasteiger partial charge in [-0.2, -0.15) is 0 Å². The van der Waals surface area contributed by atoms with Crippen LogP contribution in [0, 0.1) is 20.8 Å². The van der Waals surface area contributed by atoms with Crippen molar-refractivity contribution in [1.29, 1.82) is 0 Å². The lowest BCUT2D eigenvalue weighted by atomic mass is 10.1.